The Hall–Kier alpha value is -2.28. The normalized spacial score (nSPS) is 16.7. The van der Waals surface area contributed by atoms with Gasteiger partial charge in [-0.2, -0.15) is 4.31 Å². The summed E-state index contributed by atoms with van der Waals surface area (Å²) < 4.78 is 38.9. The van der Waals surface area contributed by atoms with Gasteiger partial charge in [0.1, 0.15) is 11.3 Å². The average molecular weight is 579 g/mol. The Bertz CT molecular complexity index is 1400. The summed E-state index contributed by atoms with van der Waals surface area (Å²) in [7, 11) is -0.415. The second kappa shape index (κ2) is 11.4. The number of ether oxygens (including phenoxy) is 2. The summed E-state index contributed by atoms with van der Waals surface area (Å²) in [4.78, 5) is 22.7. The van der Waals surface area contributed by atoms with Crippen LogP contribution in [-0.4, -0.2) is 88.1 Å². The van der Waals surface area contributed by atoms with Crippen molar-refractivity contribution < 1.29 is 22.7 Å². The fraction of sp³-hybridized carbons (Fsp3) is 0.462. The lowest BCUT2D eigenvalue weighted by Gasteiger charge is -2.27. The lowest BCUT2D eigenvalue weighted by Crippen LogP contribution is -2.39. The van der Waals surface area contributed by atoms with E-state index in [0.717, 1.165) is 43.6 Å². The molecule has 2 aromatic carbocycles. The molecular weight excluding hydrogens is 548 g/mol. The van der Waals surface area contributed by atoms with Crippen LogP contribution in [0.5, 0.6) is 5.75 Å². The van der Waals surface area contributed by atoms with Gasteiger partial charge in [-0.1, -0.05) is 22.9 Å². The number of anilines is 1. The highest BCUT2D eigenvalue weighted by Gasteiger charge is 2.35. The van der Waals surface area contributed by atoms with E-state index in [1.54, 1.807) is 43.3 Å². The number of morpholine rings is 1. The number of rotatable bonds is 10. The van der Waals surface area contributed by atoms with Gasteiger partial charge in [-0.3, -0.25) is 14.6 Å². The van der Waals surface area contributed by atoms with Crippen molar-refractivity contribution in [3.63, 3.8) is 0 Å². The molecule has 1 saturated carbocycles. The van der Waals surface area contributed by atoms with Crippen LogP contribution in [0.3, 0.4) is 0 Å². The number of carbonyl (C=O) groups is 1. The highest BCUT2D eigenvalue weighted by Crippen LogP contribution is 2.39. The van der Waals surface area contributed by atoms with Crippen LogP contribution in [0.15, 0.2) is 41.3 Å². The number of aromatic nitrogens is 1. The fourth-order valence-electron chi connectivity index (χ4n) is 4.51. The molecule has 38 heavy (non-hydrogen) atoms. The summed E-state index contributed by atoms with van der Waals surface area (Å²) >= 11 is 7.79. The lowest BCUT2D eigenvalue weighted by atomic mass is 10.2. The van der Waals surface area contributed by atoms with Gasteiger partial charge in [-0.15, -0.1) is 0 Å². The molecular formula is C26H31ClN4O5S2. The molecule has 1 amide bonds. The molecule has 1 aromatic heterocycles. The first kappa shape index (κ1) is 27.3. The molecule has 2 heterocycles. The molecule has 2 fully saturated rings. The van der Waals surface area contributed by atoms with Gasteiger partial charge in [0.2, 0.25) is 10.0 Å². The number of carbonyl (C=O) groups excluding carboxylic acids is 1. The number of sulfonamides is 1. The first-order valence-corrected chi connectivity index (χ1v) is 15.3. The molecule has 1 aliphatic carbocycles. The van der Waals surface area contributed by atoms with Gasteiger partial charge in [0.15, 0.2) is 5.13 Å². The number of hydrogen-bond acceptors (Lipinski definition) is 8. The van der Waals surface area contributed by atoms with Crippen LogP contribution in [0.2, 0.25) is 5.02 Å². The number of halogens is 1. The minimum absolute atomic E-state index is 0.0612. The molecule has 1 aliphatic heterocycles. The zero-order valence-electron chi connectivity index (χ0n) is 21.4. The molecule has 0 N–H and O–H groups in total. The molecule has 0 atom stereocenters. The van der Waals surface area contributed by atoms with E-state index in [-0.39, 0.29) is 16.8 Å². The molecule has 204 valence electrons. The molecule has 0 spiro atoms. The fourth-order valence-corrected chi connectivity index (χ4v) is 7.21. The Morgan fingerprint density at radius 3 is 2.55 bits per heavy atom. The SMILES string of the molecule is COc1ccc(Cl)c2sc(N(CCCN3CCOCC3)C(=O)c3ccc(S(=O)(=O)N(C)C4CC4)cc3)nc12. The summed E-state index contributed by atoms with van der Waals surface area (Å²) in [5, 5.41) is 1.06. The summed E-state index contributed by atoms with van der Waals surface area (Å²) in [6.45, 7) is 4.43. The van der Waals surface area contributed by atoms with Crippen molar-refractivity contribution >= 4 is 54.2 Å². The number of hydrogen-bond donors (Lipinski definition) is 0. The standard InChI is InChI=1S/C26H31ClN4O5S2/c1-29(19-6-7-19)38(33,34)20-8-4-18(5-9-20)25(32)31(13-3-12-30-14-16-36-17-15-30)26-28-23-22(35-2)11-10-21(27)24(23)37-26/h4-5,8-11,19H,3,6-7,12-17H2,1-2H3. The Morgan fingerprint density at radius 2 is 1.89 bits per heavy atom. The largest absolute Gasteiger partial charge is 0.494 e. The van der Waals surface area contributed by atoms with Gasteiger partial charge in [0, 0.05) is 44.8 Å². The van der Waals surface area contributed by atoms with E-state index < -0.39 is 10.0 Å². The number of fused-ring (bicyclic) bond motifs is 1. The van der Waals surface area contributed by atoms with Crippen LogP contribution in [0, 0.1) is 0 Å². The summed E-state index contributed by atoms with van der Waals surface area (Å²) in [5.74, 6) is 0.336. The highest BCUT2D eigenvalue weighted by atomic mass is 35.5. The Morgan fingerprint density at radius 1 is 1.18 bits per heavy atom. The smallest absolute Gasteiger partial charge is 0.260 e. The topological polar surface area (TPSA) is 92.3 Å². The van der Waals surface area contributed by atoms with Crippen LogP contribution >= 0.6 is 22.9 Å². The van der Waals surface area contributed by atoms with Gasteiger partial charge in [-0.25, -0.2) is 13.4 Å². The third kappa shape index (κ3) is 5.68. The van der Waals surface area contributed by atoms with Crippen LogP contribution in [0.25, 0.3) is 10.2 Å². The van der Waals surface area contributed by atoms with E-state index in [2.05, 4.69) is 4.90 Å². The van der Waals surface area contributed by atoms with E-state index >= 15 is 0 Å². The van der Waals surface area contributed by atoms with Crippen LogP contribution < -0.4 is 9.64 Å². The minimum Gasteiger partial charge on any atom is -0.494 e. The predicted octanol–water partition coefficient (Wildman–Crippen LogP) is 4.11. The van der Waals surface area contributed by atoms with E-state index in [0.29, 0.717) is 46.7 Å². The van der Waals surface area contributed by atoms with Crippen LogP contribution in [-0.2, 0) is 14.8 Å². The van der Waals surface area contributed by atoms with Crippen molar-refractivity contribution in [1.29, 1.82) is 0 Å². The first-order chi connectivity index (χ1) is 18.3. The van der Waals surface area contributed by atoms with Crippen molar-refractivity contribution in [2.45, 2.75) is 30.2 Å². The quantitative estimate of drug-likeness (QED) is 0.357. The minimum atomic E-state index is -3.59. The molecule has 3 aromatic rings. The summed E-state index contributed by atoms with van der Waals surface area (Å²) in [5.41, 5.74) is 0.997. The zero-order chi connectivity index (χ0) is 26.9. The predicted molar refractivity (Wildman–Crippen MR) is 149 cm³/mol. The Kier molecular flexibility index (Phi) is 8.22. The molecule has 1 saturated heterocycles. The number of amides is 1. The number of nitrogens with zero attached hydrogens (tertiary/aromatic N) is 4. The van der Waals surface area contributed by atoms with Gasteiger partial charge >= 0.3 is 0 Å². The molecule has 0 unspecified atom stereocenters. The van der Waals surface area contributed by atoms with Gasteiger partial charge in [-0.05, 0) is 55.7 Å². The van der Waals surface area contributed by atoms with Crippen LogP contribution in [0.1, 0.15) is 29.6 Å². The van der Waals surface area contributed by atoms with Crippen molar-refractivity contribution in [2.75, 3.05) is 58.5 Å². The molecule has 12 heteroatoms. The molecule has 2 aliphatic rings. The van der Waals surface area contributed by atoms with Crippen LogP contribution in [0.4, 0.5) is 5.13 Å². The average Bonchev–Trinajstić information content (AvgIpc) is 3.69. The molecule has 0 radical (unpaired) electrons. The second-order valence-electron chi connectivity index (χ2n) is 9.46. The van der Waals surface area contributed by atoms with Crippen molar-refractivity contribution in [3.05, 3.63) is 47.0 Å². The molecule has 9 nitrogen and oxygen atoms in total. The van der Waals surface area contributed by atoms with E-state index in [1.807, 2.05) is 0 Å². The van der Waals surface area contributed by atoms with Gasteiger partial charge in [0.05, 0.1) is 34.9 Å². The third-order valence-electron chi connectivity index (χ3n) is 6.94. The van der Waals surface area contributed by atoms with Gasteiger partial charge in [0.25, 0.3) is 5.91 Å². The number of benzene rings is 2. The maximum Gasteiger partial charge on any atom is 0.260 e. The summed E-state index contributed by atoms with van der Waals surface area (Å²) in [6, 6.07) is 9.74. The second-order valence-corrected chi connectivity index (χ2v) is 12.8. The number of thiazole rings is 1. The first-order valence-electron chi connectivity index (χ1n) is 12.6. The Balaban J connectivity index is 1.42. The summed E-state index contributed by atoms with van der Waals surface area (Å²) in [6.07, 6.45) is 2.50. The van der Waals surface area contributed by atoms with Crippen molar-refractivity contribution in [3.8, 4) is 5.75 Å². The van der Waals surface area contributed by atoms with E-state index in [4.69, 9.17) is 26.1 Å². The molecule has 5 rings (SSSR count). The maximum atomic E-state index is 13.8. The van der Waals surface area contributed by atoms with Crippen molar-refractivity contribution in [2.24, 2.45) is 0 Å². The zero-order valence-corrected chi connectivity index (χ0v) is 23.8. The molecule has 0 bridgehead atoms. The van der Waals surface area contributed by atoms with Crippen molar-refractivity contribution in [1.82, 2.24) is 14.2 Å². The third-order valence-corrected chi connectivity index (χ3v) is 10.4. The highest BCUT2D eigenvalue weighted by molar-refractivity contribution is 7.89. The lowest BCUT2D eigenvalue weighted by molar-refractivity contribution is 0.0376. The van der Waals surface area contributed by atoms with E-state index in [9.17, 15) is 13.2 Å². The number of methoxy groups -OCH3 is 1. The monoisotopic (exact) mass is 578 g/mol. The van der Waals surface area contributed by atoms with Gasteiger partial charge < -0.3 is 9.47 Å². The maximum absolute atomic E-state index is 13.8. The van der Waals surface area contributed by atoms with E-state index in [1.165, 1.54) is 27.8 Å². The Labute approximate surface area is 231 Å².